The van der Waals surface area contributed by atoms with Crippen molar-refractivity contribution in [2.45, 2.75) is 25.8 Å². The summed E-state index contributed by atoms with van der Waals surface area (Å²) in [4.78, 5) is 53.5. The first-order valence-corrected chi connectivity index (χ1v) is 9.57. The molecule has 2 atom stereocenters. The van der Waals surface area contributed by atoms with E-state index in [-0.39, 0.29) is 24.9 Å². The van der Waals surface area contributed by atoms with Gasteiger partial charge in [-0.3, -0.25) is 14.5 Å². The molecule has 0 aromatic carbocycles. The van der Waals surface area contributed by atoms with Gasteiger partial charge in [0.25, 0.3) is 0 Å². The number of hydrogen-bond donors (Lipinski definition) is 3. The smallest absolute Gasteiger partial charge is 0.410 e. The predicted octanol–water partition coefficient (Wildman–Crippen LogP) is -0.585. The molecule has 29 heavy (non-hydrogen) atoms. The van der Waals surface area contributed by atoms with Gasteiger partial charge in [0, 0.05) is 39.8 Å². The number of nitrogens with one attached hydrogen (secondary N) is 2. The van der Waals surface area contributed by atoms with Gasteiger partial charge in [0.15, 0.2) is 0 Å². The lowest BCUT2D eigenvalue weighted by molar-refractivity contribution is -0.158. The third-order valence-corrected chi connectivity index (χ3v) is 5.01. The molecule has 2 fully saturated rings. The zero-order valence-corrected chi connectivity index (χ0v) is 16.8. The normalized spacial score (nSPS) is 21.3. The zero-order chi connectivity index (χ0) is 21.6. The Morgan fingerprint density at radius 3 is 2.41 bits per heavy atom. The Labute approximate surface area is 170 Å². The minimum atomic E-state index is -0.834. The number of ether oxygens (including phenoxy) is 1. The molecule has 2 saturated heterocycles. The fraction of sp³-hybridized carbons (Fsp3) is 0.611. The Morgan fingerprint density at radius 2 is 1.86 bits per heavy atom. The van der Waals surface area contributed by atoms with Crippen LogP contribution in [0.4, 0.5) is 9.59 Å². The molecule has 0 bridgehead atoms. The molecule has 2 aliphatic rings. The number of likely N-dealkylation sites (N-methyl/N-ethyl adjacent to an activating group) is 1. The Kier molecular flexibility index (Phi) is 7.68. The second-order valence-corrected chi connectivity index (χ2v) is 6.84. The van der Waals surface area contributed by atoms with E-state index in [1.54, 1.807) is 6.92 Å². The molecule has 2 aliphatic heterocycles. The van der Waals surface area contributed by atoms with E-state index in [4.69, 9.17) is 10.5 Å². The molecule has 0 aliphatic carbocycles. The first-order valence-electron chi connectivity index (χ1n) is 9.57. The van der Waals surface area contributed by atoms with Crippen molar-refractivity contribution in [2.24, 2.45) is 11.7 Å². The summed E-state index contributed by atoms with van der Waals surface area (Å²) in [7, 11) is 1.47. The summed E-state index contributed by atoms with van der Waals surface area (Å²) >= 11 is 0. The van der Waals surface area contributed by atoms with E-state index >= 15 is 0 Å². The fourth-order valence-corrected chi connectivity index (χ4v) is 3.47. The number of rotatable bonds is 7. The summed E-state index contributed by atoms with van der Waals surface area (Å²) in [6.07, 6.45) is 0.586. The monoisotopic (exact) mass is 409 g/mol. The van der Waals surface area contributed by atoms with Crippen LogP contribution < -0.4 is 16.4 Å². The van der Waals surface area contributed by atoms with Crippen molar-refractivity contribution in [3.63, 3.8) is 0 Å². The summed E-state index contributed by atoms with van der Waals surface area (Å²) in [6, 6.07) is -1.35. The lowest BCUT2D eigenvalue weighted by Gasteiger charge is -2.47. The number of imide groups is 1. The second-order valence-electron chi connectivity index (χ2n) is 6.84. The summed E-state index contributed by atoms with van der Waals surface area (Å²) in [5.74, 6) is -0.954. The first-order chi connectivity index (χ1) is 13.8. The van der Waals surface area contributed by atoms with Gasteiger partial charge < -0.3 is 30.9 Å². The van der Waals surface area contributed by atoms with E-state index in [1.807, 2.05) is 0 Å². The van der Waals surface area contributed by atoms with Crippen molar-refractivity contribution in [2.75, 3.05) is 39.8 Å². The van der Waals surface area contributed by atoms with E-state index in [0.717, 1.165) is 4.90 Å². The van der Waals surface area contributed by atoms with Gasteiger partial charge in [-0.1, -0.05) is 6.58 Å². The second kappa shape index (κ2) is 9.99. The number of likely N-dealkylation sites (tertiary alicyclic amines) is 1. The lowest BCUT2D eigenvalue weighted by Crippen LogP contribution is -2.70. The highest BCUT2D eigenvalue weighted by atomic mass is 16.6. The molecular weight excluding hydrogens is 380 g/mol. The van der Waals surface area contributed by atoms with Crippen LogP contribution in [0.3, 0.4) is 0 Å². The Morgan fingerprint density at radius 1 is 1.24 bits per heavy atom. The van der Waals surface area contributed by atoms with Gasteiger partial charge in [0.05, 0.1) is 11.7 Å². The van der Waals surface area contributed by atoms with Crippen molar-refractivity contribution in [3.05, 3.63) is 19.0 Å². The molecule has 1 radical (unpaired) electrons. The molecule has 0 spiro atoms. The largest absolute Gasteiger partial charge is 0.442 e. The van der Waals surface area contributed by atoms with Gasteiger partial charge in [0.1, 0.15) is 12.6 Å². The van der Waals surface area contributed by atoms with Gasteiger partial charge in [-0.05, 0) is 19.8 Å². The Bertz CT molecular complexity index is 661. The number of β-lactam (4-membered cyclic amide) rings is 1. The highest BCUT2D eigenvalue weighted by molar-refractivity contribution is 6.08. The van der Waals surface area contributed by atoms with Gasteiger partial charge in [-0.2, -0.15) is 0 Å². The number of piperazine rings is 1. The molecule has 11 heteroatoms. The Balaban J connectivity index is 1.95. The van der Waals surface area contributed by atoms with Gasteiger partial charge in [0.2, 0.25) is 11.8 Å². The maximum absolute atomic E-state index is 12.9. The topological polar surface area (TPSA) is 137 Å². The van der Waals surface area contributed by atoms with Crippen LogP contribution >= 0.6 is 0 Å². The lowest BCUT2D eigenvalue weighted by atomic mass is 9.83. The van der Waals surface area contributed by atoms with Gasteiger partial charge in [-0.25, -0.2) is 9.59 Å². The summed E-state index contributed by atoms with van der Waals surface area (Å²) < 4.78 is 4.84. The number of nitrogens with two attached hydrogens (primary N) is 1. The molecule has 0 aromatic rings. The molecule has 0 saturated carbocycles. The van der Waals surface area contributed by atoms with E-state index < -0.39 is 24.1 Å². The number of amides is 5. The van der Waals surface area contributed by atoms with Crippen molar-refractivity contribution in [1.29, 1.82) is 0 Å². The van der Waals surface area contributed by atoms with Crippen LogP contribution in [-0.4, -0.2) is 84.5 Å². The first kappa shape index (κ1) is 22.3. The van der Waals surface area contributed by atoms with Crippen molar-refractivity contribution in [1.82, 2.24) is 25.3 Å². The molecule has 11 nitrogen and oxygen atoms in total. The maximum Gasteiger partial charge on any atom is 0.410 e. The van der Waals surface area contributed by atoms with Crippen LogP contribution in [-0.2, 0) is 14.3 Å². The maximum atomic E-state index is 12.9. The number of nitrogens with zero attached hydrogens (tertiary/aromatic N) is 3. The van der Waals surface area contributed by atoms with Crippen LogP contribution in [0.25, 0.3) is 0 Å². The summed E-state index contributed by atoms with van der Waals surface area (Å²) in [5, 5.41) is 5.39. The standard InChI is InChI=1S/C18H29N6O5/c1-4-29-18(28)23-10-8-22(9-11-23)17(27)24-14(15(25)20-3)13(16(24)26)6-5-7-21-12(2)19/h4,13-14,21H,2,5-11,19H2,1,3H3,(H,20,25)/t13-,14?/m1/s1. The third-order valence-electron chi connectivity index (χ3n) is 5.01. The fourth-order valence-electron chi connectivity index (χ4n) is 3.47. The van der Waals surface area contributed by atoms with Gasteiger partial charge in [-0.15, -0.1) is 0 Å². The number of urea groups is 1. The minimum Gasteiger partial charge on any atom is -0.442 e. The van der Waals surface area contributed by atoms with Gasteiger partial charge >= 0.3 is 12.1 Å². The average molecular weight is 409 g/mol. The van der Waals surface area contributed by atoms with E-state index in [2.05, 4.69) is 17.2 Å². The number of carbonyl (C=O) groups is 4. The third kappa shape index (κ3) is 5.09. The molecular formula is C18H29N6O5. The van der Waals surface area contributed by atoms with E-state index in [9.17, 15) is 19.2 Å². The van der Waals surface area contributed by atoms with Crippen LogP contribution in [0.15, 0.2) is 12.4 Å². The molecule has 0 aromatic heterocycles. The van der Waals surface area contributed by atoms with Crippen molar-refractivity contribution >= 4 is 23.9 Å². The number of carbonyl (C=O) groups excluding carboxylic acids is 4. The highest BCUT2D eigenvalue weighted by Gasteiger charge is 2.54. The van der Waals surface area contributed by atoms with E-state index in [0.29, 0.717) is 38.3 Å². The average Bonchev–Trinajstić information content (AvgIpc) is 2.70. The Hall–Kier alpha value is -2.98. The highest BCUT2D eigenvalue weighted by Crippen LogP contribution is 2.32. The molecule has 2 heterocycles. The summed E-state index contributed by atoms with van der Waals surface area (Å²) in [6.45, 7) is 8.07. The molecule has 161 valence electrons. The quantitative estimate of drug-likeness (QED) is 0.378. The molecule has 4 N–H and O–H groups in total. The van der Waals surface area contributed by atoms with Crippen LogP contribution in [0, 0.1) is 12.5 Å². The van der Waals surface area contributed by atoms with E-state index in [1.165, 1.54) is 23.5 Å². The molecule has 1 unspecified atom stereocenters. The van der Waals surface area contributed by atoms with Crippen LogP contribution in [0.5, 0.6) is 0 Å². The zero-order valence-electron chi connectivity index (χ0n) is 16.8. The van der Waals surface area contributed by atoms with Crippen LogP contribution in [0.1, 0.15) is 19.8 Å². The predicted molar refractivity (Wildman–Crippen MR) is 104 cm³/mol. The van der Waals surface area contributed by atoms with Crippen LogP contribution in [0.2, 0.25) is 0 Å². The van der Waals surface area contributed by atoms with Crippen molar-refractivity contribution in [3.8, 4) is 0 Å². The molecule has 2 rings (SSSR count). The summed E-state index contributed by atoms with van der Waals surface area (Å²) in [5.41, 5.74) is 5.44. The molecule has 5 amide bonds. The SMILES string of the molecule is C=C(N)NCCC[C@H]1C(=O)N(C(=O)N2CCN(C(=O)O[CH]C)CC2)C1C(=O)NC. The minimum absolute atomic E-state index is 0.259. The number of hydrogen-bond acceptors (Lipinski definition) is 7. The van der Waals surface area contributed by atoms with Crippen molar-refractivity contribution < 1.29 is 23.9 Å².